The van der Waals surface area contributed by atoms with Gasteiger partial charge in [0.1, 0.15) is 6.10 Å². The second-order valence-corrected chi connectivity index (χ2v) is 5.14. The van der Waals surface area contributed by atoms with Crippen LogP contribution in [0.2, 0.25) is 0 Å². The molecule has 110 valence electrons. The van der Waals surface area contributed by atoms with E-state index in [-0.39, 0.29) is 5.56 Å². The number of hydrogen-bond donors (Lipinski definition) is 2. The molecule has 1 atom stereocenters. The largest absolute Gasteiger partial charge is 0.478 e. The maximum absolute atomic E-state index is 11.2. The van der Waals surface area contributed by atoms with Crippen LogP contribution in [0.1, 0.15) is 52.9 Å². The molecular formula is C18H20O3. The van der Waals surface area contributed by atoms with Crippen LogP contribution in [-0.4, -0.2) is 16.2 Å². The van der Waals surface area contributed by atoms with Gasteiger partial charge < -0.3 is 10.2 Å². The molecule has 3 heteroatoms. The zero-order chi connectivity index (χ0) is 15.2. The molecule has 3 nitrogen and oxygen atoms in total. The fourth-order valence-electron chi connectivity index (χ4n) is 2.36. The van der Waals surface area contributed by atoms with E-state index in [0.29, 0.717) is 11.1 Å². The van der Waals surface area contributed by atoms with Crippen molar-refractivity contribution >= 4 is 5.97 Å². The lowest BCUT2D eigenvalue weighted by atomic mass is 9.95. The van der Waals surface area contributed by atoms with E-state index >= 15 is 0 Å². The van der Waals surface area contributed by atoms with E-state index in [1.807, 2.05) is 24.3 Å². The van der Waals surface area contributed by atoms with E-state index in [1.165, 1.54) is 11.6 Å². The van der Waals surface area contributed by atoms with E-state index in [9.17, 15) is 15.0 Å². The number of benzene rings is 2. The van der Waals surface area contributed by atoms with Crippen molar-refractivity contribution in [1.82, 2.24) is 0 Å². The number of unbranched alkanes of at least 4 members (excludes halogenated alkanes) is 1. The monoisotopic (exact) mass is 284 g/mol. The summed E-state index contributed by atoms with van der Waals surface area (Å²) in [6.07, 6.45) is 2.40. The van der Waals surface area contributed by atoms with Gasteiger partial charge in [-0.05, 0) is 35.6 Å². The summed E-state index contributed by atoms with van der Waals surface area (Å²) in [5.41, 5.74) is 2.51. The number of aliphatic hydroxyl groups is 1. The first-order chi connectivity index (χ1) is 10.1. The summed E-state index contributed by atoms with van der Waals surface area (Å²) in [6, 6.07) is 14.3. The molecule has 0 radical (unpaired) electrons. The zero-order valence-electron chi connectivity index (χ0n) is 12.1. The van der Waals surface area contributed by atoms with Gasteiger partial charge >= 0.3 is 5.97 Å². The summed E-state index contributed by atoms with van der Waals surface area (Å²) in [7, 11) is 0. The third kappa shape index (κ3) is 3.70. The minimum Gasteiger partial charge on any atom is -0.478 e. The van der Waals surface area contributed by atoms with Crippen LogP contribution in [0.25, 0.3) is 0 Å². The molecule has 0 aromatic heterocycles. The normalized spacial score (nSPS) is 12.1. The van der Waals surface area contributed by atoms with Gasteiger partial charge in [0.2, 0.25) is 0 Å². The van der Waals surface area contributed by atoms with Gasteiger partial charge in [-0.2, -0.15) is 0 Å². The minimum atomic E-state index is -1.02. The number of carboxylic acids is 1. The highest BCUT2D eigenvalue weighted by Crippen LogP contribution is 2.25. The van der Waals surface area contributed by atoms with E-state index < -0.39 is 12.1 Å². The maximum atomic E-state index is 11.2. The second kappa shape index (κ2) is 7.04. The molecule has 2 aromatic carbocycles. The van der Waals surface area contributed by atoms with Crippen molar-refractivity contribution in [3.63, 3.8) is 0 Å². The summed E-state index contributed by atoms with van der Waals surface area (Å²) in [5, 5.41) is 19.6. The molecule has 0 saturated heterocycles. The van der Waals surface area contributed by atoms with Crippen LogP contribution < -0.4 is 0 Å². The van der Waals surface area contributed by atoms with Gasteiger partial charge in [0.15, 0.2) is 0 Å². The van der Waals surface area contributed by atoms with Gasteiger partial charge in [0.25, 0.3) is 0 Å². The molecule has 0 heterocycles. The molecule has 0 aliphatic carbocycles. The molecule has 0 fully saturated rings. The van der Waals surface area contributed by atoms with E-state index in [1.54, 1.807) is 18.2 Å². The lowest BCUT2D eigenvalue weighted by Crippen LogP contribution is -2.08. The van der Waals surface area contributed by atoms with E-state index in [4.69, 9.17) is 0 Å². The Morgan fingerprint density at radius 1 is 1.10 bits per heavy atom. The fourth-order valence-corrected chi connectivity index (χ4v) is 2.36. The van der Waals surface area contributed by atoms with Gasteiger partial charge in [-0.3, -0.25) is 0 Å². The van der Waals surface area contributed by atoms with Crippen molar-refractivity contribution in [3.8, 4) is 0 Å². The molecule has 1 unspecified atom stereocenters. The summed E-state index contributed by atoms with van der Waals surface area (Å²) >= 11 is 0. The van der Waals surface area contributed by atoms with Crippen LogP contribution in [-0.2, 0) is 6.42 Å². The van der Waals surface area contributed by atoms with E-state index in [2.05, 4.69) is 6.92 Å². The number of carbonyl (C=O) groups is 1. The minimum absolute atomic E-state index is 0.139. The Morgan fingerprint density at radius 2 is 1.76 bits per heavy atom. The predicted molar refractivity (Wildman–Crippen MR) is 82.5 cm³/mol. The maximum Gasteiger partial charge on any atom is 0.336 e. The van der Waals surface area contributed by atoms with Gasteiger partial charge in [0.05, 0.1) is 5.56 Å². The van der Waals surface area contributed by atoms with Crippen LogP contribution in [0, 0.1) is 0 Å². The van der Waals surface area contributed by atoms with Crippen molar-refractivity contribution in [1.29, 1.82) is 0 Å². The Kier molecular flexibility index (Phi) is 5.12. The molecule has 2 rings (SSSR count). The summed E-state index contributed by atoms with van der Waals surface area (Å²) in [4.78, 5) is 11.2. The molecule has 0 bridgehead atoms. The van der Waals surface area contributed by atoms with Crippen molar-refractivity contribution in [2.75, 3.05) is 0 Å². The smallest absolute Gasteiger partial charge is 0.336 e. The summed E-state index contributed by atoms with van der Waals surface area (Å²) in [5.74, 6) is -1.02. The topological polar surface area (TPSA) is 57.5 Å². The van der Waals surface area contributed by atoms with E-state index in [0.717, 1.165) is 19.3 Å². The quantitative estimate of drug-likeness (QED) is 0.848. The molecule has 21 heavy (non-hydrogen) atoms. The standard InChI is InChI=1S/C18H20O3/c1-2-3-6-13-9-11-14(12-10-13)17(19)15-7-4-5-8-16(15)18(20)21/h4-5,7-12,17,19H,2-3,6H2,1H3,(H,20,21). The van der Waals surface area contributed by atoms with Crippen molar-refractivity contribution in [2.45, 2.75) is 32.3 Å². The van der Waals surface area contributed by atoms with Crippen LogP contribution in [0.15, 0.2) is 48.5 Å². The van der Waals surface area contributed by atoms with Crippen LogP contribution in [0.3, 0.4) is 0 Å². The molecular weight excluding hydrogens is 264 g/mol. The Balaban J connectivity index is 2.24. The first-order valence-electron chi connectivity index (χ1n) is 7.22. The van der Waals surface area contributed by atoms with Crippen LogP contribution >= 0.6 is 0 Å². The Labute approximate surface area is 124 Å². The molecule has 2 N–H and O–H groups in total. The Morgan fingerprint density at radius 3 is 2.38 bits per heavy atom. The Hall–Kier alpha value is -2.13. The summed E-state index contributed by atoms with van der Waals surface area (Å²) in [6.45, 7) is 2.15. The number of aryl methyl sites for hydroxylation is 1. The number of rotatable bonds is 6. The first kappa shape index (κ1) is 15.3. The van der Waals surface area contributed by atoms with Crippen LogP contribution in [0.4, 0.5) is 0 Å². The summed E-state index contributed by atoms with van der Waals surface area (Å²) < 4.78 is 0. The van der Waals surface area contributed by atoms with Crippen molar-refractivity contribution in [2.24, 2.45) is 0 Å². The molecule has 0 spiro atoms. The highest BCUT2D eigenvalue weighted by molar-refractivity contribution is 5.89. The lowest BCUT2D eigenvalue weighted by Gasteiger charge is -2.14. The molecule has 2 aromatic rings. The van der Waals surface area contributed by atoms with Gasteiger partial charge in [-0.15, -0.1) is 0 Å². The van der Waals surface area contributed by atoms with Gasteiger partial charge in [0, 0.05) is 0 Å². The van der Waals surface area contributed by atoms with Crippen molar-refractivity contribution in [3.05, 3.63) is 70.8 Å². The zero-order valence-corrected chi connectivity index (χ0v) is 12.1. The lowest BCUT2D eigenvalue weighted by molar-refractivity contribution is 0.0691. The highest BCUT2D eigenvalue weighted by Gasteiger charge is 2.17. The number of aliphatic hydroxyl groups excluding tert-OH is 1. The SMILES string of the molecule is CCCCc1ccc(C(O)c2ccccc2C(=O)O)cc1. The fraction of sp³-hybridized carbons (Fsp3) is 0.278. The average molecular weight is 284 g/mol. The Bertz CT molecular complexity index is 602. The van der Waals surface area contributed by atoms with Gasteiger partial charge in [-0.1, -0.05) is 55.8 Å². The molecule has 0 aliphatic heterocycles. The number of hydrogen-bond acceptors (Lipinski definition) is 2. The van der Waals surface area contributed by atoms with Crippen LogP contribution in [0.5, 0.6) is 0 Å². The number of carboxylic acid groups (broad SMARTS) is 1. The number of aromatic carboxylic acids is 1. The third-order valence-corrected chi connectivity index (χ3v) is 3.60. The second-order valence-electron chi connectivity index (χ2n) is 5.14. The first-order valence-corrected chi connectivity index (χ1v) is 7.22. The molecule has 0 aliphatic rings. The predicted octanol–water partition coefficient (Wildman–Crippen LogP) is 3.81. The molecule has 0 saturated carbocycles. The highest BCUT2D eigenvalue weighted by atomic mass is 16.4. The average Bonchev–Trinajstić information content (AvgIpc) is 2.52. The van der Waals surface area contributed by atoms with Gasteiger partial charge in [-0.25, -0.2) is 4.79 Å². The van der Waals surface area contributed by atoms with Crippen molar-refractivity contribution < 1.29 is 15.0 Å². The molecule has 0 amide bonds. The third-order valence-electron chi connectivity index (χ3n) is 3.60.